The van der Waals surface area contributed by atoms with Crippen molar-refractivity contribution in [1.29, 1.82) is 0 Å². The third-order valence-corrected chi connectivity index (χ3v) is 9.64. The van der Waals surface area contributed by atoms with Crippen LogP contribution in [0.25, 0.3) is 21.3 Å². The van der Waals surface area contributed by atoms with Crippen molar-refractivity contribution in [3.8, 4) is 16.2 Å². The number of aromatic hydroxyl groups is 1. The summed E-state index contributed by atoms with van der Waals surface area (Å²) < 4.78 is 0. The number of rotatable bonds is 13. The summed E-state index contributed by atoms with van der Waals surface area (Å²) in [6.07, 6.45) is -0.663. The quantitative estimate of drug-likeness (QED) is 0.0892. The standard InChI is InChI=1S/C39H35N3O7S/c43-32-16-14-30(31-15-18-35(45)42-37(31)32)33(44)23-40-21-25-11-9-24(10-12-25)19-36(46)41-22-29-13-17-34(50-29)26-5-4-8-28(20-26)39(49,38(47)48)27-6-2-1-3-7-27/h1-18,20,33,40,43-44,49H,19,21-23H2,(H,41,46)(H,42,45)(H,47,48). The number of amides is 1. The molecule has 10 nitrogen and oxygen atoms in total. The summed E-state index contributed by atoms with van der Waals surface area (Å²) in [5.41, 5.74) is 1.44. The number of phenols is 1. The summed E-state index contributed by atoms with van der Waals surface area (Å²) in [7, 11) is 0. The molecule has 11 heteroatoms. The van der Waals surface area contributed by atoms with E-state index in [0.29, 0.717) is 24.0 Å². The van der Waals surface area contributed by atoms with E-state index < -0.39 is 17.7 Å². The van der Waals surface area contributed by atoms with Crippen LogP contribution in [-0.2, 0) is 34.7 Å². The SMILES string of the molecule is O=C(Cc1ccc(CNCC(O)c2ccc(O)c3[nH]c(=O)ccc23)cc1)NCc1ccc(-c2cccc(C(O)(C(=O)O)c3ccccc3)c2)s1. The van der Waals surface area contributed by atoms with Crippen molar-refractivity contribution in [2.45, 2.75) is 31.2 Å². The van der Waals surface area contributed by atoms with Gasteiger partial charge >= 0.3 is 5.97 Å². The predicted molar refractivity (Wildman–Crippen MR) is 192 cm³/mol. The number of benzene rings is 4. The third-order valence-electron chi connectivity index (χ3n) is 8.51. The monoisotopic (exact) mass is 689 g/mol. The zero-order chi connectivity index (χ0) is 35.3. The van der Waals surface area contributed by atoms with Gasteiger partial charge in [0, 0.05) is 39.9 Å². The molecular weight excluding hydrogens is 655 g/mol. The number of carbonyl (C=O) groups excluding carboxylic acids is 1. The van der Waals surface area contributed by atoms with E-state index in [0.717, 1.165) is 26.4 Å². The Balaban J connectivity index is 1.00. The Kier molecular flexibility index (Phi) is 10.2. The molecule has 0 saturated carbocycles. The van der Waals surface area contributed by atoms with Crippen molar-refractivity contribution in [1.82, 2.24) is 15.6 Å². The molecule has 0 saturated heterocycles. The smallest absolute Gasteiger partial charge is 0.345 e. The molecule has 0 aliphatic rings. The van der Waals surface area contributed by atoms with Gasteiger partial charge in [0.2, 0.25) is 17.1 Å². The number of aliphatic hydroxyl groups is 2. The van der Waals surface area contributed by atoms with Gasteiger partial charge < -0.3 is 36.0 Å². The number of aromatic amines is 1. The minimum atomic E-state index is -2.20. The molecule has 2 aromatic heterocycles. The molecule has 1 amide bonds. The summed E-state index contributed by atoms with van der Waals surface area (Å²) >= 11 is 1.48. The van der Waals surface area contributed by atoms with E-state index in [4.69, 9.17) is 0 Å². The van der Waals surface area contributed by atoms with E-state index in [9.17, 15) is 34.8 Å². The molecule has 6 aromatic rings. The Morgan fingerprint density at radius 3 is 2.32 bits per heavy atom. The van der Waals surface area contributed by atoms with Crippen LogP contribution >= 0.6 is 11.3 Å². The molecule has 0 radical (unpaired) electrons. The van der Waals surface area contributed by atoms with E-state index >= 15 is 0 Å². The lowest BCUT2D eigenvalue weighted by molar-refractivity contribution is -0.155. The number of aromatic nitrogens is 1. The number of hydrogen-bond acceptors (Lipinski definition) is 8. The van der Waals surface area contributed by atoms with Crippen LogP contribution in [0.3, 0.4) is 0 Å². The minimum Gasteiger partial charge on any atom is -0.506 e. The Morgan fingerprint density at radius 1 is 0.820 bits per heavy atom. The first kappa shape index (κ1) is 34.3. The molecule has 0 fully saturated rings. The highest BCUT2D eigenvalue weighted by Crippen LogP contribution is 2.35. The number of carboxylic acids is 1. The Hall–Kier alpha value is -5.59. The second-order valence-corrected chi connectivity index (χ2v) is 13.1. The van der Waals surface area contributed by atoms with Crippen molar-refractivity contribution < 1.29 is 30.0 Å². The summed E-state index contributed by atoms with van der Waals surface area (Å²) in [6, 6.07) is 32.6. The Labute approximate surface area is 291 Å². The lowest BCUT2D eigenvalue weighted by Crippen LogP contribution is -2.36. The second-order valence-electron chi connectivity index (χ2n) is 11.9. The fourth-order valence-electron chi connectivity index (χ4n) is 5.84. The van der Waals surface area contributed by atoms with Crippen molar-refractivity contribution in [2.24, 2.45) is 0 Å². The molecule has 50 heavy (non-hydrogen) atoms. The van der Waals surface area contributed by atoms with Crippen molar-refractivity contribution in [3.63, 3.8) is 0 Å². The fraction of sp³-hybridized carbons (Fsp3) is 0.154. The van der Waals surface area contributed by atoms with Gasteiger partial charge in [0.25, 0.3) is 0 Å². The lowest BCUT2D eigenvalue weighted by atomic mass is 9.85. The molecule has 7 N–H and O–H groups in total. The van der Waals surface area contributed by atoms with Crippen LogP contribution in [0, 0.1) is 0 Å². The summed E-state index contributed by atoms with van der Waals surface area (Å²) in [5.74, 6) is -1.56. The number of thiophene rings is 1. The van der Waals surface area contributed by atoms with Crippen LogP contribution in [0.4, 0.5) is 0 Å². The number of carbonyl (C=O) groups is 2. The van der Waals surface area contributed by atoms with Gasteiger partial charge in [0.15, 0.2) is 0 Å². The molecule has 4 aromatic carbocycles. The fourth-order valence-corrected chi connectivity index (χ4v) is 6.78. The Morgan fingerprint density at radius 2 is 1.56 bits per heavy atom. The maximum Gasteiger partial charge on any atom is 0.345 e. The molecule has 6 rings (SSSR count). The van der Waals surface area contributed by atoms with Gasteiger partial charge in [-0.15, -0.1) is 11.3 Å². The van der Waals surface area contributed by atoms with Crippen molar-refractivity contribution >= 4 is 34.1 Å². The van der Waals surface area contributed by atoms with Gasteiger partial charge in [-0.1, -0.05) is 78.9 Å². The maximum atomic E-state index is 12.8. The molecule has 2 atom stereocenters. The second kappa shape index (κ2) is 14.9. The summed E-state index contributed by atoms with van der Waals surface area (Å²) in [4.78, 5) is 41.0. The topological polar surface area (TPSA) is 172 Å². The molecule has 2 heterocycles. The van der Waals surface area contributed by atoms with Crippen LogP contribution in [0.15, 0.2) is 120 Å². The van der Waals surface area contributed by atoms with Gasteiger partial charge in [-0.05, 0) is 58.1 Å². The van der Waals surface area contributed by atoms with Gasteiger partial charge in [0.1, 0.15) is 5.75 Å². The first-order chi connectivity index (χ1) is 24.1. The molecule has 0 aliphatic heterocycles. The highest BCUT2D eigenvalue weighted by molar-refractivity contribution is 7.15. The van der Waals surface area contributed by atoms with E-state index in [1.54, 1.807) is 60.7 Å². The molecule has 254 valence electrons. The minimum absolute atomic E-state index is 0.0619. The van der Waals surface area contributed by atoms with E-state index in [1.165, 1.54) is 23.5 Å². The highest BCUT2D eigenvalue weighted by atomic mass is 32.1. The molecule has 0 spiro atoms. The average molecular weight is 690 g/mol. The van der Waals surface area contributed by atoms with Gasteiger partial charge in [-0.2, -0.15) is 0 Å². The van der Waals surface area contributed by atoms with Gasteiger partial charge in [-0.25, -0.2) is 4.79 Å². The maximum absolute atomic E-state index is 12.8. The van der Waals surface area contributed by atoms with E-state index in [1.807, 2.05) is 42.5 Å². The zero-order valence-electron chi connectivity index (χ0n) is 26.8. The number of nitrogens with one attached hydrogen (secondary N) is 3. The number of hydrogen-bond donors (Lipinski definition) is 7. The first-order valence-electron chi connectivity index (χ1n) is 15.9. The first-order valence-corrected chi connectivity index (χ1v) is 16.7. The number of H-pyrrole nitrogens is 1. The lowest BCUT2D eigenvalue weighted by Gasteiger charge is -2.25. The number of phenolic OH excluding ortho intramolecular Hbond substituents is 1. The summed E-state index contributed by atoms with van der Waals surface area (Å²) in [5, 5.41) is 48.8. The largest absolute Gasteiger partial charge is 0.506 e. The van der Waals surface area contributed by atoms with Gasteiger partial charge in [0.05, 0.1) is 24.6 Å². The van der Waals surface area contributed by atoms with E-state index in [2.05, 4.69) is 15.6 Å². The number of aliphatic hydroxyl groups excluding tert-OH is 1. The molecular formula is C39H35N3O7S. The number of aliphatic carboxylic acids is 1. The van der Waals surface area contributed by atoms with E-state index in [-0.39, 0.29) is 46.8 Å². The number of pyridine rings is 1. The van der Waals surface area contributed by atoms with Crippen LogP contribution in [0.2, 0.25) is 0 Å². The average Bonchev–Trinajstić information content (AvgIpc) is 3.61. The molecule has 2 unspecified atom stereocenters. The summed E-state index contributed by atoms with van der Waals surface area (Å²) in [6.45, 7) is 1.07. The van der Waals surface area contributed by atoms with Crippen LogP contribution < -0.4 is 16.2 Å². The van der Waals surface area contributed by atoms with Crippen LogP contribution in [-0.4, -0.2) is 43.8 Å². The zero-order valence-corrected chi connectivity index (χ0v) is 27.6. The van der Waals surface area contributed by atoms with Crippen LogP contribution in [0.5, 0.6) is 5.75 Å². The Bertz CT molecular complexity index is 2200. The highest BCUT2D eigenvalue weighted by Gasteiger charge is 2.40. The van der Waals surface area contributed by atoms with Crippen molar-refractivity contribution in [2.75, 3.05) is 6.54 Å². The predicted octanol–water partition coefficient (Wildman–Crippen LogP) is 4.96. The van der Waals surface area contributed by atoms with Crippen LogP contribution in [0.1, 0.15) is 38.8 Å². The van der Waals surface area contributed by atoms with Gasteiger partial charge in [-0.3, -0.25) is 9.59 Å². The number of carboxylic acid groups (broad SMARTS) is 1. The van der Waals surface area contributed by atoms with Crippen molar-refractivity contribution in [3.05, 3.63) is 158 Å². The normalized spacial score (nSPS) is 13.1. The third kappa shape index (κ3) is 7.51. The molecule has 0 aliphatic carbocycles. The molecule has 0 bridgehead atoms. The number of fused-ring (bicyclic) bond motifs is 1.